The number of nitrogens with zero attached hydrogens (tertiary/aromatic N) is 3. The van der Waals surface area contributed by atoms with Crippen LogP contribution in [0.25, 0.3) is 10.4 Å². The van der Waals surface area contributed by atoms with E-state index < -0.39 is 10.0 Å². The highest BCUT2D eigenvalue weighted by Crippen LogP contribution is 2.17. The van der Waals surface area contributed by atoms with Gasteiger partial charge in [0.25, 0.3) is 15.9 Å². The van der Waals surface area contributed by atoms with Crippen LogP contribution >= 0.6 is 0 Å². The van der Waals surface area contributed by atoms with Gasteiger partial charge < -0.3 is 5.32 Å². The van der Waals surface area contributed by atoms with Gasteiger partial charge in [0, 0.05) is 20.7 Å². The first-order chi connectivity index (χ1) is 10.0. The highest BCUT2D eigenvalue weighted by molar-refractivity contribution is 7.90. The van der Waals surface area contributed by atoms with E-state index in [1.165, 1.54) is 24.3 Å². The number of amides is 1. The Balaban J connectivity index is 2.17. The third-order valence-electron chi connectivity index (χ3n) is 2.59. The lowest BCUT2D eigenvalue weighted by Crippen LogP contribution is -2.11. The summed E-state index contributed by atoms with van der Waals surface area (Å²) >= 11 is 0. The fourth-order valence-corrected chi connectivity index (χ4v) is 2.27. The predicted molar refractivity (Wildman–Crippen MR) is 77.2 cm³/mol. The highest BCUT2D eigenvalue weighted by Gasteiger charge is 2.12. The first-order valence-electron chi connectivity index (χ1n) is 5.81. The number of hydrogen-bond donors (Lipinski definition) is 1. The van der Waals surface area contributed by atoms with Crippen molar-refractivity contribution >= 4 is 21.6 Å². The molecule has 0 unspecified atom stereocenters. The van der Waals surface area contributed by atoms with Crippen molar-refractivity contribution in [2.45, 2.75) is 4.90 Å². The fourth-order valence-electron chi connectivity index (χ4n) is 1.60. The molecule has 1 amide bonds. The van der Waals surface area contributed by atoms with E-state index in [9.17, 15) is 13.2 Å². The molecule has 0 heterocycles. The minimum atomic E-state index is -4.01. The molecule has 0 saturated carbocycles. The van der Waals surface area contributed by atoms with Gasteiger partial charge in [0.2, 0.25) is 0 Å². The van der Waals surface area contributed by atoms with E-state index in [4.69, 9.17) is 5.53 Å². The SMILES string of the molecule is [N-]=[N+]=NS(=O)(=O)c1ccc(NC(=O)c2ccccc2)cc1. The van der Waals surface area contributed by atoms with Crippen molar-refractivity contribution < 1.29 is 13.2 Å². The summed E-state index contributed by atoms with van der Waals surface area (Å²) in [4.78, 5) is 14.0. The maximum atomic E-state index is 11.9. The number of carbonyl (C=O) groups is 1. The van der Waals surface area contributed by atoms with E-state index in [-0.39, 0.29) is 10.8 Å². The normalized spacial score (nSPS) is 10.5. The van der Waals surface area contributed by atoms with Crippen LogP contribution in [-0.2, 0) is 10.0 Å². The van der Waals surface area contributed by atoms with Crippen molar-refractivity contribution in [3.8, 4) is 0 Å². The largest absolute Gasteiger partial charge is 0.322 e. The molecule has 0 fully saturated rings. The van der Waals surface area contributed by atoms with Gasteiger partial charge >= 0.3 is 0 Å². The summed E-state index contributed by atoms with van der Waals surface area (Å²) in [7, 11) is -4.01. The van der Waals surface area contributed by atoms with E-state index in [2.05, 4.69) is 14.7 Å². The number of sulfonamides is 1. The van der Waals surface area contributed by atoms with Gasteiger partial charge in [0.15, 0.2) is 0 Å². The number of hydrogen-bond acceptors (Lipinski definition) is 3. The minimum absolute atomic E-state index is 0.141. The molecule has 0 aliphatic carbocycles. The lowest BCUT2D eigenvalue weighted by Gasteiger charge is -2.05. The molecule has 0 saturated heterocycles. The first-order valence-corrected chi connectivity index (χ1v) is 7.25. The Morgan fingerprint density at radius 2 is 1.67 bits per heavy atom. The molecular weight excluding hydrogens is 292 g/mol. The van der Waals surface area contributed by atoms with Crippen molar-refractivity contribution in [2.75, 3.05) is 5.32 Å². The molecule has 2 aromatic carbocycles. The summed E-state index contributed by atoms with van der Waals surface area (Å²) < 4.78 is 25.7. The molecule has 0 aliphatic heterocycles. The lowest BCUT2D eigenvalue weighted by molar-refractivity contribution is 0.102. The summed E-state index contributed by atoms with van der Waals surface area (Å²) in [5.41, 5.74) is 9.11. The van der Waals surface area contributed by atoms with Crippen molar-refractivity contribution in [3.63, 3.8) is 0 Å². The Morgan fingerprint density at radius 1 is 1.05 bits per heavy atom. The molecular formula is C13H10N4O3S. The number of anilines is 1. The van der Waals surface area contributed by atoms with Gasteiger partial charge in [0.1, 0.15) is 0 Å². The average Bonchev–Trinajstić information content (AvgIpc) is 2.48. The molecule has 21 heavy (non-hydrogen) atoms. The molecule has 7 nitrogen and oxygen atoms in total. The maximum Gasteiger partial charge on any atom is 0.264 e. The quantitative estimate of drug-likeness (QED) is 0.532. The molecule has 8 heteroatoms. The highest BCUT2D eigenvalue weighted by atomic mass is 32.2. The van der Waals surface area contributed by atoms with Crippen LogP contribution in [0.1, 0.15) is 10.4 Å². The molecule has 1 N–H and O–H groups in total. The van der Waals surface area contributed by atoms with E-state index in [0.717, 1.165) is 0 Å². The van der Waals surface area contributed by atoms with E-state index in [1.54, 1.807) is 30.3 Å². The van der Waals surface area contributed by atoms with Gasteiger partial charge in [-0.15, -0.1) is 0 Å². The van der Waals surface area contributed by atoms with Gasteiger partial charge in [-0.1, -0.05) is 18.2 Å². The maximum absolute atomic E-state index is 11.9. The molecule has 0 aromatic heterocycles. The zero-order valence-corrected chi connectivity index (χ0v) is 11.5. The van der Waals surface area contributed by atoms with Crippen LogP contribution in [0, 0.1) is 0 Å². The Kier molecular flexibility index (Phi) is 4.22. The third kappa shape index (κ3) is 3.59. The fraction of sp³-hybridized carbons (Fsp3) is 0. The van der Waals surface area contributed by atoms with Crippen LogP contribution < -0.4 is 5.32 Å². The van der Waals surface area contributed by atoms with Gasteiger partial charge in [-0.2, -0.15) is 0 Å². The summed E-state index contributed by atoms with van der Waals surface area (Å²) in [6.07, 6.45) is 0. The second-order valence-electron chi connectivity index (χ2n) is 3.99. The molecule has 0 atom stereocenters. The summed E-state index contributed by atoms with van der Waals surface area (Å²) in [5.74, 6) is -0.304. The van der Waals surface area contributed by atoms with Gasteiger partial charge in [-0.05, 0) is 41.9 Å². The average molecular weight is 302 g/mol. The van der Waals surface area contributed by atoms with Crippen molar-refractivity contribution in [3.05, 3.63) is 70.6 Å². The van der Waals surface area contributed by atoms with Gasteiger partial charge in [0.05, 0.1) is 4.90 Å². The Morgan fingerprint density at radius 3 is 2.24 bits per heavy atom. The number of carbonyl (C=O) groups excluding carboxylic acids is 1. The second kappa shape index (κ2) is 6.08. The summed E-state index contributed by atoms with van der Waals surface area (Å²) in [6, 6.07) is 13.9. The van der Waals surface area contributed by atoms with Crippen molar-refractivity contribution in [1.29, 1.82) is 0 Å². The summed E-state index contributed by atoms with van der Waals surface area (Å²) in [6.45, 7) is 0. The number of rotatable bonds is 4. The van der Waals surface area contributed by atoms with Crippen molar-refractivity contribution in [1.82, 2.24) is 0 Å². The van der Waals surface area contributed by atoms with Gasteiger partial charge in [-0.3, -0.25) is 4.79 Å². The van der Waals surface area contributed by atoms with Crippen molar-refractivity contribution in [2.24, 2.45) is 4.52 Å². The van der Waals surface area contributed by atoms with Crippen LogP contribution in [0.3, 0.4) is 0 Å². The Bertz CT molecular complexity index is 795. The predicted octanol–water partition coefficient (Wildman–Crippen LogP) is 2.94. The monoisotopic (exact) mass is 302 g/mol. The van der Waals surface area contributed by atoms with Crippen LogP contribution in [0.2, 0.25) is 0 Å². The topological polar surface area (TPSA) is 112 Å². The van der Waals surface area contributed by atoms with Crippen LogP contribution in [-0.4, -0.2) is 14.3 Å². The molecule has 0 aliphatic rings. The van der Waals surface area contributed by atoms with Crippen LogP contribution in [0.5, 0.6) is 0 Å². The molecule has 2 aromatic rings. The smallest absolute Gasteiger partial charge is 0.264 e. The third-order valence-corrected chi connectivity index (χ3v) is 3.75. The van der Waals surface area contributed by atoms with E-state index >= 15 is 0 Å². The molecule has 0 spiro atoms. The molecule has 0 bridgehead atoms. The minimum Gasteiger partial charge on any atom is -0.322 e. The number of nitrogens with one attached hydrogen (secondary N) is 1. The molecule has 0 radical (unpaired) electrons. The second-order valence-corrected chi connectivity index (χ2v) is 5.58. The van der Waals surface area contributed by atoms with Gasteiger partial charge in [-0.25, -0.2) is 8.42 Å². The standard InChI is InChI=1S/C13H10N4O3S/c14-16-17-21(19,20)12-8-6-11(7-9-12)15-13(18)10-4-2-1-3-5-10/h1-9H,(H,15,18). The lowest BCUT2D eigenvalue weighted by atomic mass is 10.2. The molecule has 106 valence electrons. The first kappa shape index (κ1) is 14.6. The Hall–Kier alpha value is -2.83. The summed E-state index contributed by atoms with van der Waals surface area (Å²) in [5, 5.41) is 2.63. The van der Waals surface area contributed by atoms with E-state index in [1.807, 2.05) is 0 Å². The zero-order valence-electron chi connectivity index (χ0n) is 10.7. The Labute approximate surface area is 120 Å². The molecule has 2 rings (SSSR count). The van der Waals surface area contributed by atoms with E-state index in [0.29, 0.717) is 11.3 Å². The van der Waals surface area contributed by atoms with Crippen LogP contribution in [0.4, 0.5) is 5.69 Å². The number of azide groups is 1. The van der Waals surface area contributed by atoms with Crippen LogP contribution in [0.15, 0.2) is 64.0 Å². The number of benzene rings is 2. The zero-order chi connectivity index (χ0) is 15.3.